The van der Waals surface area contributed by atoms with E-state index in [0.717, 1.165) is 10.5 Å². The second-order valence-corrected chi connectivity index (χ2v) is 7.34. The molecule has 1 atom stereocenters. The summed E-state index contributed by atoms with van der Waals surface area (Å²) in [6.45, 7) is 1.15. The van der Waals surface area contributed by atoms with Crippen molar-refractivity contribution in [1.29, 1.82) is 0 Å². The first-order valence-corrected chi connectivity index (χ1v) is 8.64. The van der Waals surface area contributed by atoms with Gasteiger partial charge in [0.25, 0.3) is 5.91 Å². The Balaban J connectivity index is 1.92. The summed E-state index contributed by atoms with van der Waals surface area (Å²) in [4.78, 5) is 18.7. The van der Waals surface area contributed by atoms with Crippen LogP contribution in [-0.4, -0.2) is 45.8 Å². The molecule has 1 unspecified atom stereocenters. The molecule has 0 saturated carbocycles. The van der Waals surface area contributed by atoms with Crippen LogP contribution < -0.4 is 0 Å². The van der Waals surface area contributed by atoms with E-state index in [1.165, 1.54) is 11.3 Å². The lowest BCUT2D eigenvalue weighted by Gasteiger charge is -2.39. The van der Waals surface area contributed by atoms with Gasteiger partial charge in [-0.15, -0.1) is 11.3 Å². The Labute approximate surface area is 146 Å². The third-order valence-electron chi connectivity index (χ3n) is 4.26. The number of carbonyl (C=O) groups excluding carboxylic acids is 1. The minimum absolute atomic E-state index is 0.0888. The zero-order valence-corrected chi connectivity index (χ0v) is 14.3. The Morgan fingerprint density at radius 1 is 1.32 bits per heavy atom. The lowest BCUT2D eigenvalue weighted by molar-refractivity contribution is -0.271. The third-order valence-corrected chi connectivity index (χ3v) is 5.28. The SMILES string of the molecule is Cc1nc(C(=O)N2CCCC(O)(C(F)(F)F)C2)c(-c2ccccc2)s1. The maximum absolute atomic E-state index is 13.1. The number of aryl methyl sites for hydroxylation is 1. The number of alkyl halides is 3. The molecule has 25 heavy (non-hydrogen) atoms. The first-order chi connectivity index (χ1) is 11.7. The van der Waals surface area contributed by atoms with Crippen molar-refractivity contribution in [1.82, 2.24) is 9.88 Å². The smallest absolute Gasteiger partial charge is 0.379 e. The normalized spacial score (nSPS) is 21.4. The summed E-state index contributed by atoms with van der Waals surface area (Å²) in [5.41, 5.74) is -1.93. The van der Waals surface area contributed by atoms with E-state index in [1.807, 2.05) is 30.3 Å². The van der Waals surface area contributed by atoms with E-state index in [2.05, 4.69) is 4.98 Å². The van der Waals surface area contributed by atoms with Crippen LogP contribution in [0, 0.1) is 6.92 Å². The molecule has 1 saturated heterocycles. The molecule has 3 rings (SSSR count). The van der Waals surface area contributed by atoms with Crippen molar-refractivity contribution in [3.8, 4) is 10.4 Å². The Morgan fingerprint density at radius 2 is 2.00 bits per heavy atom. The fourth-order valence-electron chi connectivity index (χ4n) is 2.95. The number of aromatic nitrogens is 1. The van der Waals surface area contributed by atoms with Gasteiger partial charge in [-0.3, -0.25) is 4.79 Å². The molecule has 0 spiro atoms. The summed E-state index contributed by atoms with van der Waals surface area (Å²) in [5, 5.41) is 10.6. The average molecular weight is 370 g/mol. The van der Waals surface area contributed by atoms with Crippen molar-refractivity contribution in [2.75, 3.05) is 13.1 Å². The number of rotatable bonds is 2. The highest BCUT2D eigenvalue weighted by molar-refractivity contribution is 7.15. The number of amides is 1. The minimum Gasteiger partial charge on any atom is -0.379 e. The molecule has 8 heteroatoms. The summed E-state index contributed by atoms with van der Waals surface area (Å²) in [6.07, 6.45) is -5.08. The van der Waals surface area contributed by atoms with E-state index in [4.69, 9.17) is 0 Å². The van der Waals surface area contributed by atoms with Crippen LogP contribution in [0.1, 0.15) is 28.3 Å². The zero-order chi connectivity index (χ0) is 18.2. The molecular formula is C17H17F3N2O2S. The van der Waals surface area contributed by atoms with E-state index in [-0.39, 0.29) is 18.7 Å². The minimum atomic E-state index is -4.77. The Bertz CT molecular complexity index is 776. The van der Waals surface area contributed by atoms with Gasteiger partial charge >= 0.3 is 6.18 Å². The van der Waals surface area contributed by atoms with Crippen LogP contribution in [0.4, 0.5) is 13.2 Å². The summed E-state index contributed by atoms with van der Waals surface area (Å²) in [5.74, 6) is -0.578. The molecule has 0 aliphatic carbocycles. The Kier molecular flexibility index (Phi) is 4.59. The van der Waals surface area contributed by atoms with Crippen molar-refractivity contribution in [3.63, 3.8) is 0 Å². The number of halogens is 3. The van der Waals surface area contributed by atoms with Crippen molar-refractivity contribution in [2.24, 2.45) is 0 Å². The van der Waals surface area contributed by atoms with E-state index in [1.54, 1.807) is 6.92 Å². The van der Waals surface area contributed by atoms with Gasteiger partial charge in [0, 0.05) is 6.54 Å². The van der Waals surface area contributed by atoms with Crippen LogP contribution in [0.5, 0.6) is 0 Å². The quantitative estimate of drug-likeness (QED) is 0.878. The van der Waals surface area contributed by atoms with Crippen molar-refractivity contribution in [2.45, 2.75) is 31.5 Å². The molecule has 134 valence electrons. The lowest BCUT2D eigenvalue weighted by Crippen LogP contribution is -2.58. The number of hydrogen-bond donors (Lipinski definition) is 1. The van der Waals surface area contributed by atoms with Crippen molar-refractivity contribution < 1.29 is 23.1 Å². The van der Waals surface area contributed by atoms with E-state index in [0.29, 0.717) is 9.88 Å². The first kappa shape index (κ1) is 17.9. The standard InChI is InChI=1S/C17H17F3N2O2S/c1-11-21-13(14(25-11)12-6-3-2-4-7-12)15(23)22-9-5-8-16(24,10-22)17(18,19)20/h2-4,6-7,24H,5,8-10H2,1H3. The van der Waals surface area contributed by atoms with Gasteiger partial charge in [-0.05, 0) is 25.3 Å². The van der Waals surface area contributed by atoms with Gasteiger partial charge in [0.05, 0.1) is 16.4 Å². The molecule has 1 aliphatic rings. The largest absolute Gasteiger partial charge is 0.418 e. The fraction of sp³-hybridized carbons (Fsp3) is 0.412. The van der Waals surface area contributed by atoms with Gasteiger partial charge in [0.2, 0.25) is 0 Å². The van der Waals surface area contributed by atoms with Gasteiger partial charge in [0.1, 0.15) is 5.69 Å². The molecule has 1 aliphatic heterocycles. The van der Waals surface area contributed by atoms with E-state index in [9.17, 15) is 23.1 Å². The van der Waals surface area contributed by atoms with Crippen LogP contribution in [0.25, 0.3) is 10.4 Å². The molecule has 1 N–H and O–H groups in total. The highest BCUT2D eigenvalue weighted by Gasteiger charge is 2.56. The Morgan fingerprint density at radius 3 is 2.64 bits per heavy atom. The predicted octanol–water partition coefficient (Wildman–Crippen LogP) is 3.65. The second kappa shape index (κ2) is 6.42. The van der Waals surface area contributed by atoms with Gasteiger partial charge in [-0.1, -0.05) is 30.3 Å². The summed E-state index contributed by atoms with van der Waals surface area (Å²) >= 11 is 1.32. The molecule has 1 amide bonds. The number of likely N-dealkylation sites (tertiary alicyclic amines) is 1. The molecule has 2 aromatic rings. The molecule has 4 nitrogen and oxygen atoms in total. The molecule has 0 radical (unpaired) electrons. The number of piperidine rings is 1. The highest BCUT2D eigenvalue weighted by atomic mass is 32.1. The number of thiazole rings is 1. The number of benzene rings is 1. The van der Waals surface area contributed by atoms with Crippen LogP contribution >= 0.6 is 11.3 Å². The second-order valence-electron chi connectivity index (χ2n) is 6.14. The number of hydrogen-bond acceptors (Lipinski definition) is 4. The van der Waals surface area contributed by atoms with Gasteiger partial charge in [0.15, 0.2) is 5.60 Å². The molecule has 1 aromatic carbocycles. The summed E-state index contributed by atoms with van der Waals surface area (Å²) in [6, 6.07) is 9.13. The summed E-state index contributed by atoms with van der Waals surface area (Å²) in [7, 11) is 0. The molecule has 0 bridgehead atoms. The first-order valence-electron chi connectivity index (χ1n) is 7.82. The number of nitrogens with zero attached hydrogens (tertiary/aromatic N) is 2. The predicted molar refractivity (Wildman–Crippen MR) is 88.4 cm³/mol. The van der Waals surface area contributed by atoms with Crippen LogP contribution in [0.2, 0.25) is 0 Å². The molecule has 1 fully saturated rings. The van der Waals surface area contributed by atoms with Crippen LogP contribution in [0.15, 0.2) is 30.3 Å². The van der Waals surface area contributed by atoms with E-state index >= 15 is 0 Å². The van der Waals surface area contributed by atoms with E-state index < -0.39 is 30.7 Å². The van der Waals surface area contributed by atoms with Crippen molar-refractivity contribution >= 4 is 17.2 Å². The van der Waals surface area contributed by atoms with Gasteiger partial charge < -0.3 is 10.0 Å². The Hall–Kier alpha value is -1.93. The summed E-state index contributed by atoms with van der Waals surface area (Å²) < 4.78 is 39.3. The van der Waals surface area contributed by atoms with Crippen molar-refractivity contribution in [3.05, 3.63) is 41.0 Å². The monoisotopic (exact) mass is 370 g/mol. The lowest BCUT2D eigenvalue weighted by atomic mass is 9.92. The topological polar surface area (TPSA) is 53.4 Å². The molecule has 2 heterocycles. The number of β-amino-alcohol motifs (C(OH)–C–C–N with tert-alkyl or cyclic N) is 1. The third kappa shape index (κ3) is 3.41. The van der Waals surface area contributed by atoms with Gasteiger partial charge in [-0.2, -0.15) is 13.2 Å². The average Bonchev–Trinajstić information content (AvgIpc) is 2.96. The molecule has 1 aromatic heterocycles. The molecular weight excluding hydrogens is 353 g/mol. The number of aliphatic hydroxyl groups is 1. The number of carbonyl (C=O) groups is 1. The van der Waals surface area contributed by atoms with Gasteiger partial charge in [-0.25, -0.2) is 4.98 Å². The van der Waals surface area contributed by atoms with Crippen LogP contribution in [-0.2, 0) is 0 Å². The maximum atomic E-state index is 13.1. The maximum Gasteiger partial charge on any atom is 0.418 e. The zero-order valence-electron chi connectivity index (χ0n) is 13.5. The fourth-order valence-corrected chi connectivity index (χ4v) is 3.86. The van der Waals surface area contributed by atoms with Crippen LogP contribution in [0.3, 0.4) is 0 Å². The highest BCUT2D eigenvalue weighted by Crippen LogP contribution is 2.38.